The predicted molar refractivity (Wildman–Crippen MR) is 86.6 cm³/mol. The number of carbonyl (C=O) groups excluding carboxylic acids is 1. The van der Waals surface area contributed by atoms with Gasteiger partial charge in [0, 0.05) is 6.04 Å². The standard InChI is InChI=1S/C17H33NO4/c1-6-20-17(19)10-16(18)13-7-14(21-11(2)3)9-15(8-13)22-12(4)5/h11-16H,6-10,18H2,1-5H3. The highest BCUT2D eigenvalue weighted by atomic mass is 16.5. The normalized spacial score (nSPS) is 27.2. The molecule has 0 bridgehead atoms. The third-order valence-electron chi connectivity index (χ3n) is 3.90. The zero-order valence-electron chi connectivity index (χ0n) is 14.7. The summed E-state index contributed by atoms with van der Waals surface area (Å²) in [5.41, 5.74) is 6.25. The third kappa shape index (κ3) is 7.07. The van der Waals surface area contributed by atoms with Gasteiger partial charge in [0.1, 0.15) is 0 Å². The van der Waals surface area contributed by atoms with Crippen LogP contribution in [0.15, 0.2) is 0 Å². The average molecular weight is 315 g/mol. The van der Waals surface area contributed by atoms with Gasteiger partial charge in [0.05, 0.1) is 37.4 Å². The lowest BCUT2D eigenvalue weighted by molar-refractivity contribution is -0.144. The van der Waals surface area contributed by atoms with Gasteiger partial charge in [-0.1, -0.05) is 0 Å². The van der Waals surface area contributed by atoms with Crippen molar-refractivity contribution in [2.45, 2.75) is 90.8 Å². The molecule has 0 spiro atoms. The summed E-state index contributed by atoms with van der Waals surface area (Å²) in [7, 11) is 0. The van der Waals surface area contributed by atoms with Crippen LogP contribution in [0.4, 0.5) is 0 Å². The first kappa shape index (κ1) is 19.4. The van der Waals surface area contributed by atoms with Crippen LogP contribution >= 0.6 is 0 Å². The molecule has 5 heteroatoms. The number of hydrogen-bond donors (Lipinski definition) is 1. The van der Waals surface area contributed by atoms with E-state index >= 15 is 0 Å². The van der Waals surface area contributed by atoms with Gasteiger partial charge in [-0.25, -0.2) is 0 Å². The minimum Gasteiger partial charge on any atom is -0.466 e. The molecule has 0 aromatic heterocycles. The Labute approximate surface area is 134 Å². The summed E-state index contributed by atoms with van der Waals surface area (Å²) in [6.07, 6.45) is 3.61. The van der Waals surface area contributed by atoms with Gasteiger partial charge in [0.25, 0.3) is 0 Å². The second-order valence-corrected chi connectivity index (χ2v) is 6.75. The highest BCUT2D eigenvalue weighted by molar-refractivity contribution is 5.70. The molecule has 1 fully saturated rings. The van der Waals surface area contributed by atoms with Gasteiger partial charge in [0.15, 0.2) is 0 Å². The van der Waals surface area contributed by atoms with Gasteiger partial charge in [-0.3, -0.25) is 4.79 Å². The van der Waals surface area contributed by atoms with Crippen molar-refractivity contribution in [1.82, 2.24) is 0 Å². The lowest BCUT2D eigenvalue weighted by atomic mass is 9.80. The van der Waals surface area contributed by atoms with E-state index in [0.29, 0.717) is 6.61 Å². The first-order valence-electron chi connectivity index (χ1n) is 8.53. The number of carbonyl (C=O) groups is 1. The van der Waals surface area contributed by atoms with Gasteiger partial charge in [0.2, 0.25) is 0 Å². The maximum absolute atomic E-state index is 11.6. The Morgan fingerprint density at radius 1 is 1.05 bits per heavy atom. The fourth-order valence-corrected chi connectivity index (χ4v) is 3.18. The fraction of sp³-hybridized carbons (Fsp3) is 0.941. The molecule has 1 aliphatic carbocycles. The van der Waals surface area contributed by atoms with Crippen molar-refractivity contribution in [3.8, 4) is 0 Å². The Morgan fingerprint density at radius 3 is 1.95 bits per heavy atom. The van der Waals surface area contributed by atoms with Gasteiger partial charge in [-0.15, -0.1) is 0 Å². The molecule has 3 unspecified atom stereocenters. The van der Waals surface area contributed by atoms with Crippen molar-refractivity contribution in [1.29, 1.82) is 0 Å². The van der Waals surface area contributed by atoms with Crippen molar-refractivity contribution in [2.75, 3.05) is 6.61 Å². The van der Waals surface area contributed by atoms with Crippen LogP contribution in [0.5, 0.6) is 0 Å². The first-order valence-corrected chi connectivity index (χ1v) is 8.53. The lowest BCUT2D eigenvalue weighted by Crippen LogP contribution is -2.43. The Morgan fingerprint density at radius 2 is 1.55 bits per heavy atom. The second-order valence-electron chi connectivity index (χ2n) is 6.75. The molecule has 5 nitrogen and oxygen atoms in total. The van der Waals surface area contributed by atoms with E-state index in [-0.39, 0.29) is 48.8 Å². The minimum atomic E-state index is -0.219. The van der Waals surface area contributed by atoms with Crippen LogP contribution in [-0.4, -0.2) is 43.0 Å². The molecule has 3 atom stereocenters. The molecule has 2 N–H and O–H groups in total. The van der Waals surface area contributed by atoms with Crippen molar-refractivity contribution in [2.24, 2.45) is 11.7 Å². The van der Waals surface area contributed by atoms with Crippen LogP contribution in [0.2, 0.25) is 0 Å². The molecule has 0 amide bonds. The van der Waals surface area contributed by atoms with E-state index in [2.05, 4.69) is 0 Å². The zero-order valence-corrected chi connectivity index (χ0v) is 14.7. The summed E-state index contributed by atoms with van der Waals surface area (Å²) in [5, 5.41) is 0. The van der Waals surface area contributed by atoms with E-state index in [1.807, 2.05) is 34.6 Å². The number of hydrogen-bond acceptors (Lipinski definition) is 5. The minimum absolute atomic E-state index is 0.149. The van der Waals surface area contributed by atoms with Crippen molar-refractivity contribution in [3.63, 3.8) is 0 Å². The summed E-state index contributed by atoms with van der Waals surface area (Å²) >= 11 is 0. The van der Waals surface area contributed by atoms with Crippen LogP contribution in [0, 0.1) is 5.92 Å². The summed E-state index contributed by atoms with van der Waals surface area (Å²) in [6.45, 7) is 10.4. The van der Waals surface area contributed by atoms with Crippen LogP contribution in [0.25, 0.3) is 0 Å². The summed E-state index contributed by atoms with van der Waals surface area (Å²) in [5.74, 6) is 0.00823. The van der Waals surface area contributed by atoms with E-state index < -0.39 is 0 Å². The molecule has 0 aliphatic heterocycles. The van der Waals surface area contributed by atoms with E-state index in [0.717, 1.165) is 19.3 Å². The molecule has 0 radical (unpaired) electrons. The molecule has 1 aliphatic rings. The van der Waals surface area contributed by atoms with E-state index in [4.69, 9.17) is 19.9 Å². The summed E-state index contributed by atoms with van der Waals surface area (Å²) < 4.78 is 17.0. The van der Waals surface area contributed by atoms with Gasteiger partial charge in [-0.05, 0) is 59.8 Å². The summed E-state index contributed by atoms with van der Waals surface area (Å²) in [4.78, 5) is 11.6. The molecular weight excluding hydrogens is 282 g/mol. The van der Waals surface area contributed by atoms with Crippen molar-refractivity contribution in [3.05, 3.63) is 0 Å². The van der Waals surface area contributed by atoms with Crippen molar-refractivity contribution < 1.29 is 19.0 Å². The van der Waals surface area contributed by atoms with Crippen LogP contribution in [-0.2, 0) is 19.0 Å². The number of rotatable bonds is 8. The SMILES string of the molecule is CCOC(=O)CC(N)C1CC(OC(C)C)CC(OC(C)C)C1. The summed E-state index contributed by atoms with van der Waals surface area (Å²) in [6, 6.07) is -0.198. The van der Waals surface area contributed by atoms with Crippen LogP contribution in [0.3, 0.4) is 0 Å². The Hall–Kier alpha value is -0.650. The molecule has 130 valence electrons. The Kier molecular flexibility index (Phi) is 8.36. The predicted octanol–water partition coefficient (Wildman–Crippen LogP) is 2.65. The average Bonchev–Trinajstić information content (AvgIpc) is 2.36. The smallest absolute Gasteiger partial charge is 0.307 e. The Bertz CT molecular complexity index is 315. The molecule has 22 heavy (non-hydrogen) atoms. The van der Waals surface area contributed by atoms with Crippen molar-refractivity contribution >= 4 is 5.97 Å². The van der Waals surface area contributed by atoms with Crippen LogP contribution < -0.4 is 5.73 Å². The monoisotopic (exact) mass is 315 g/mol. The highest BCUT2D eigenvalue weighted by Gasteiger charge is 2.34. The third-order valence-corrected chi connectivity index (χ3v) is 3.90. The number of ether oxygens (including phenoxy) is 3. The maximum atomic E-state index is 11.6. The van der Waals surface area contributed by atoms with Crippen LogP contribution in [0.1, 0.15) is 60.3 Å². The van der Waals surface area contributed by atoms with Gasteiger partial charge in [-0.2, -0.15) is 0 Å². The molecule has 0 aromatic carbocycles. The number of nitrogens with two attached hydrogens (primary N) is 1. The lowest BCUT2D eigenvalue weighted by Gasteiger charge is -2.38. The second kappa shape index (κ2) is 9.48. The number of esters is 1. The Balaban J connectivity index is 2.63. The quantitative estimate of drug-likeness (QED) is 0.697. The fourth-order valence-electron chi connectivity index (χ4n) is 3.18. The highest BCUT2D eigenvalue weighted by Crippen LogP contribution is 2.32. The molecule has 0 saturated heterocycles. The largest absolute Gasteiger partial charge is 0.466 e. The molecule has 1 saturated carbocycles. The van der Waals surface area contributed by atoms with E-state index in [1.54, 1.807) is 0 Å². The maximum Gasteiger partial charge on any atom is 0.307 e. The first-order chi connectivity index (χ1) is 10.3. The molecule has 0 heterocycles. The van der Waals surface area contributed by atoms with E-state index in [9.17, 15) is 4.79 Å². The molecule has 0 aromatic rings. The molecule has 1 rings (SSSR count). The van der Waals surface area contributed by atoms with Gasteiger partial charge >= 0.3 is 5.97 Å². The van der Waals surface area contributed by atoms with Gasteiger partial charge < -0.3 is 19.9 Å². The zero-order chi connectivity index (χ0) is 16.7. The molecular formula is C17H33NO4. The van der Waals surface area contributed by atoms with E-state index in [1.165, 1.54) is 0 Å². The topological polar surface area (TPSA) is 70.8 Å².